The van der Waals surface area contributed by atoms with Gasteiger partial charge in [-0.3, -0.25) is 4.90 Å². The number of nitrogens with one attached hydrogen (secondary N) is 1. The Bertz CT molecular complexity index is 551. The second-order valence-corrected chi connectivity index (χ2v) is 7.71. The third-order valence-corrected chi connectivity index (χ3v) is 5.65. The molecular formula is C16H26N2O2S. The molecule has 0 radical (unpaired) electrons. The average molecular weight is 310 g/mol. The van der Waals surface area contributed by atoms with Crippen LogP contribution in [0.25, 0.3) is 0 Å². The van der Waals surface area contributed by atoms with Gasteiger partial charge < -0.3 is 0 Å². The molecule has 0 spiro atoms. The van der Waals surface area contributed by atoms with E-state index in [9.17, 15) is 8.42 Å². The van der Waals surface area contributed by atoms with E-state index in [1.165, 1.54) is 24.0 Å². The van der Waals surface area contributed by atoms with E-state index in [0.29, 0.717) is 13.0 Å². The van der Waals surface area contributed by atoms with E-state index in [-0.39, 0.29) is 11.8 Å². The molecule has 5 heteroatoms. The lowest BCUT2D eigenvalue weighted by Crippen LogP contribution is -2.37. The van der Waals surface area contributed by atoms with Crippen LogP contribution in [0.2, 0.25) is 0 Å². The lowest BCUT2D eigenvalue weighted by Gasteiger charge is -2.29. The Morgan fingerprint density at radius 1 is 1.24 bits per heavy atom. The van der Waals surface area contributed by atoms with Gasteiger partial charge in [-0.25, -0.2) is 13.1 Å². The summed E-state index contributed by atoms with van der Waals surface area (Å²) in [5.74, 6) is 0.202. The summed E-state index contributed by atoms with van der Waals surface area (Å²) >= 11 is 0. The van der Waals surface area contributed by atoms with Crippen molar-refractivity contribution < 1.29 is 8.42 Å². The van der Waals surface area contributed by atoms with E-state index < -0.39 is 10.0 Å². The second-order valence-electron chi connectivity index (χ2n) is 5.78. The van der Waals surface area contributed by atoms with Gasteiger partial charge in [-0.1, -0.05) is 31.2 Å². The Labute approximate surface area is 128 Å². The number of benzene rings is 1. The summed E-state index contributed by atoms with van der Waals surface area (Å²) in [6.45, 7) is 6.55. The molecule has 1 aliphatic rings. The fraction of sp³-hybridized carbons (Fsp3) is 0.625. The molecule has 21 heavy (non-hydrogen) atoms. The quantitative estimate of drug-likeness (QED) is 0.841. The predicted molar refractivity (Wildman–Crippen MR) is 86.8 cm³/mol. The van der Waals surface area contributed by atoms with E-state index in [2.05, 4.69) is 28.7 Å². The van der Waals surface area contributed by atoms with Crippen LogP contribution in [-0.2, 0) is 10.0 Å². The summed E-state index contributed by atoms with van der Waals surface area (Å²) in [5.41, 5.74) is 2.46. The molecule has 0 aliphatic carbocycles. The number of aryl methyl sites for hydroxylation is 1. The number of likely N-dealkylation sites (tertiary alicyclic amines) is 1. The zero-order chi connectivity index (χ0) is 15.3. The van der Waals surface area contributed by atoms with Gasteiger partial charge in [0.15, 0.2) is 0 Å². The van der Waals surface area contributed by atoms with Crippen LogP contribution in [0.3, 0.4) is 0 Å². The Hall–Kier alpha value is -0.910. The summed E-state index contributed by atoms with van der Waals surface area (Å²) in [4.78, 5) is 2.40. The smallest absolute Gasteiger partial charge is 0.211 e. The van der Waals surface area contributed by atoms with Crippen molar-refractivity contribution >= 4 is 10.0 Å². The van der Waals surface area contributed by atoms with Crippen molar-refractivity contribution in [3.63, 3.8) is 0 Å². The second kappa shape index (κ2) is 7.38. The molecule has 0 bridgehead atoms. The molecule has 4 nitrogen and oxygen atoms in total. The maximum Gasteiger partial charge on any atom is 0.211 e. The fourth-order valence-corrected chi connectivity index (χ4v) is 4.09. The minimum absolute atomic E-state index is 0.139. The minimum atomic E-state index is -3.15. The van der Waals surface area contributed by atoms with Gasteiger partial charge in [-0.15, -0.1) is 0 Å². The molecule has 1 atom stereocenters. The molecule has 1 N–H and O–H groups in total. The van der Waals surface area contributed by atoms with Crippen LogP contribution in [0.4, 0.5) is 0 Å². The van der Waals surface area contributed by atoms with Gasteiger partial charge in [0.25, 0.3) is 0 Å². The fourth-order valence-electron chi connectivity index (χ4n) is 3.00. The van der Waals surface area contributed by atoms with Crippen molar-refractivity contribution in [3.8, 4) is 0 Å². The molecule has 0 amide bonds. The van der Waals surface area contributed by atoms with Gasteiger partial charge in [0.1, 0.15) is 0 Å². The summed E-state index contributed by atoms with van der Waals surface area (Å²) in [6, 6.07) is 8.42. The van der Waals surface area contributed by atoms with Crippen LogP contribution in [0.1, 0.15) is 43.4 Å². The summed E-state index contributed by atoms with van der Waals surface area (Å²) in [6.07, 6.45) is 3.04. The first-order valence-corrected chi connectivity index (χ1v) is 9.45. The highest BCUT2D eigenvalue weighted by Gasteiger charge is 2.25. The molecule has 0 aromatic heterocycles. The van der Waals surface area contributed by atoms with Crippen molar-refractivity contribution in [2.45, 2.75) is 39.2 Å². The number of hydrogen-bond donors (Lipinski definition) is 1. The number of nitrogens with zero attached hydrogens (tertiary/aromatic N) is 1. The van der Waals surface area contributed by atoms with Gasteiger partial charge in [-0.2, -0.15) is 0 Å². The van der Waals surface area contributed by atoms with Crippen LogP contribution in [0, 0.1) is 6.92 Å². The van der Waals surface area contributed by atoms with Crippen LogP contribution in [-0.4, -0.2) is 38.7 Å². The molecule has 1 unspecified atom stereocenters. The van der Waals surface area contributed by atoms with E-state index in [1.807, 2.05) is 19.1 Å². The van der Waals surface area contributed by atoms with E-state index >= 15 is 0 Å². The minimum Gasteiger partial charge on any atom is -0.295 e. The molecule has 118 valence electrons. The van der Waals surface area contributed by atoms with Gasteiger partial charge in [-0.05, 0) is 50.4 Å². The molecule has 1 saturated heterocycles. The molecule has 1 aliphatic heterocycles. The van der Waals surface area contributed by atoms with Crippen molar-refractivity contribution in [1.82, 2.24) is 9.62 Å². The monoisotopic (exact) mass is 310 g/mol. The first-order valence-electron chi connectivity index (χ1n) is 7.80. The SMILES string of the molecule is CCCS(=O)(=O)NCC(c1ccccc1C)N1CCCC1. The van der Waals surface area contributed by atoms with Gasteiger partial charge in [0, 0.05) is 12.6 Å². The Morgan fingerprint density at radius 3 is 2.52 bits per heavy atom. The lowest BCUT2D eigenvalue weighted by molar-refractivity contribution is 0.246. The van der Waals surface area contributed by atoms with Crippen LogP contribution < -0.4 is 4.72 Å². The van der Waals surface area contributed by atoms with Crippen molar-refractivity contribution in [3.05, 3.63) is 35.4 Å². The van der Waals surface area contributed by atoms with Gasteiger partial charge in [0.2, 0.25) is 10.0 Å². The molecular weight excluding hydrogens is 284 g/mol. The Morgan fingerprint density at radius 2 is 1.90 bits per heavy atom. The van der Waals surface area contributed by atoms with Crippen LogP contribution >= 0.6 is 0 Å². The molecule has 1 fully saturated rings. The van der Waals surface area contributed by atoms with E-state index in [0.717, 1.165) is 13.1 Å². The third kappa shape index (κ3) is 4.53. The zero-order valence-electron chi connectivity index (χ0n) is 13.0. The average Bonchev–Trinajstić information content (AvgIpc) is 2.95. The first-order chi connectivity index (χ1) is 10.0. The highest BCUT2D eigenvalue weighted by Crippen LogP contribution is 2.27. The number of sulfonamides is 1. The third-order valence-electron chi connectivity index (χ3n) is 4.10. The van der Waals surface area contributed by atoms with Gasteiger partial charge in [0.05, 0.1) is 5.75 Å². The van der Waals surface area contributed by atoms with Crippen molar-refractivity contribution in [2.75, 3.05) is 25.4 Å². The van der Waals surface area contributed by atoms with Crippen molar-refractivity contribution in [2.24, 2.45) is 0 Å². The molecule has 1 aromatic carbocycles. The summed E-state index contributed by atoms with van der Waals surface area (Å²) in [5, 5.41) is 0. The Balaban J connectivity index is 2.15. The van der Waals surface area contributed by atoms with Crippen LogP contribution in [0.15, 0.2) is 24.3 Å². The van der Waals surface area contributed by atoms with E-state index in [1.54, 1.807) is 0 Å². The van der Waals surface area contributed by atoms with Crippen molar-refractivity contribution in [1.29, 1.82) is 0 Å². The number of rotatable bonds is 7. The highest BCUT2D eigenvalue weighted by atomic mass is 32.2. The van der Waals surface area contributed by atoms with Gasteiger partial charge >= 0.3 is 0 Å². The first kappa shape index (κ1) is 16.5. The topological polar surface area (TPSA) is 49.4 Å². The molecule has 1 heterocycles. The normalized spacial score (nSPS) is 18.0. The highest BCUT2D eigenvalue weighted by molar-refractivity contribution is 7.89. The Kier molecular flexibility index (Phi) is 5.79. The standard InChI is InChI=1S/C16H26N2O2S/c1-3-12-21(19,20)17-13-16(18-10-6-7-11-18)15-9-5-4-8-14(15)2/h4-5,8-9,16-17H,3,6-7,10-13H2,1-2H3. The number of hydrogen-bond acceptors (Lipinski definition) is 3. The maximum absolute atomic E-state index is 11.9. The lowest BCUT2D eigenvalue weighted by atomic mass is 10.0. The maximum atomic E-state index is 11.9. The predicted octanol–water partition coefficient (Wildman–Crippen LogP) is 2.46. The van der Waals surface area contributed by atoms with E-state index in [4.69, 9.17) is 0 Å². The van der Waals surface area contributed by atoms with Crippen LogP contribution in [0.5, 0.6) is 0 Å². The zero-order valence-corrected chi connectivity index (χ0v) is 13.8. The summed E-state index contributed by atoms with van der Waals surface area (Å²) in [7, 11) is -3.15. The summed E-state index contributed by atoms with van der Waals surface area (Å²) < 4.78 is 26.7. The molecule has 2 rings (SSSR count). The molecule has 0 saturated carbocycles. The molecule has 1 aromatic rings. The largest absolute Gasteiger partial charge is 0.295 e.